The number of hydrogen-bond acceptors (Lipinski definition) is 6. The summed E-state index contributed by atoms with van der Waals surface area (Å²) in [6, 6.07) is 17.3. The van der Waals surface area contributed by atoms with E-state index in [9.17, 15) is 13.2 Å². The molecule has 2 aliphatic rings. The Morgan fingerprint density at radius 2 is 1.64 bits per heavy atom. The molecule has 232 valence electrons. The van der Waals surface area contributed by atoms with Gasteiger partial charge in [-0.3, -0.25) is 4.79 Å². The monoisotopic (exact) mass is 633 g/mol. The zero-order chi connectivity index (χ0) is 31.0. The second kappa shape index (κ2) is 12.4. The van der Waals surface area contributed by atoms with Crippen molar-refractivity contribution in [2.45, 2.75) is 57.6 Å². The molecule has 1 amide bonds. The van der Waals surface area contributed by atoms with E-state index in [0.29, 0.717) is 67.7 Å². The van der Waals surface area contributed by atoms with Gasteiger partial charge in [0.05, 0.1) is 23.8 Å². The quantitative estimate of drug-likeness (QED) is 0.233. The predicted molar refractivity (Wildman–Crippen MR) is 174 cm³/mol. The first kappa shape index (κ1) is 30.4. The van der Waals surface area contributed by atoms with Crippen LogP contribution in [0, 0.1) is 6.92 Å². The molecule has 0 bridgehead atoms. The Balaban J connectivity index is 1.30. The minimum atomic E-state index is -3.58. The maximum Gasteiger partial charge on any atom is 0.270 e. The van der Waals surface area contributed by atoms with E-state index in [4.69, 9.17) is 9.47 Å². The molecule has 0 aliphatic carbocycles. The Kier molecular flexibility index (Phi) is 8.59. The largest absolute Gasteiger partial charge is 0.493 e. The van der Waals surface area contributed by atoms with Crippen LogP contribution in [0.2, 0.25) is 0 Å². The minimum Gasteiger partial charge on any atom is -0.493 e. The molecule has 1 saturated heterocycles. The van der Waals surface area contributed by atoms with Gasteiger partial charge in [-0.05, 0) is 87.4 Å². The number of aryl methyl sites for hydroxylation is 2. The average Bonchev–Trinajstić information content (AvgIpc) is 3.65. The van der Waals surface area contributed by atoms with E-state index in [2.05, 4.69) is 28.1 Å². The van der Waals surface area contributed by atoms with E-state index in [-0.39, 0.29) is 12.0 Å². The van der Waals surface area contributed by atoms with Crippen molar-refractivity contribution < 1.29 is 22.7 Å². The molecule has 2 aromatic heterocycles. The highest BCUT2D eigenvalue weighted by Gasteiger charge is 2.32. The van der Waals surface area contributed by atoms with Crippen molar-refractivity contribution >= 4 is 27.3 Å². The molecule has 10 heteroatoms. The lowest BCUT2D eigenvalue weighted by atomic mass is 9.95. The number of benzene rings is 2. The molecule has 2 aliphatic heterocycles. The normalized spacial score (nSPS) is 15.8. The lowest BCUT2D eigenvalue weighted by molar-refractivity contribution is 0.0725. The molecule has 4 heterocycles. The first-order valence-electron chi connectivity index (χ1n) is 15.2. The van der Waals surface area contributed by atoms with Gasteiger partial charge in [0, 0.05) is 48.7 Å². The van der Waals surface area contributed by atoms with Crippen LogP contribution in [0.5, 0.6) is 11.5 Å². The van der Waals surface area contributed by atoms with E-state index in [1.165, 1.54) is 5.56 Å². The maximum atomic E-state index is 14.2. The summed E-state index contributed by atoms with van der Waals surface area (Å²) in [5.74, 6) is 1.39. The number of ether oxygens (including phenoxy) is 2. The van der Waals surface area contributed by atoms with Crippen molar-refractivity contribution in [3.05, 3.63) is 76.8 Å². The second-order valence-electron chi connectivity index (χ2n) is 11.7. The standard InChI is InChI=1S/C34H39N3O5S2/c1-23(2)42-31-22-27-25(20-30(31)41-4)13-18-37-29(21-28(33(27)37)32-8-5-19-43-32)34(38)35-14-6-16-36(17-7-15-35)44(39,40)26-11-9-24(3)10-12-26/h5,8-12,19-23H,6-7,13-18H2,1-4H3. The lowest BCUT2D eigenvalue weighted by Crippen LogP contribution is -2.42. The van der Waals surface area contributed by atoms with Gasteiger partial charge in [-0.1, -0.05) is 23.8 Å². The summed E-state index contributed by atoms with van der Waals surface area (Å²) in [5.41, 5.74) is 5.97. The fraction of sp³-hybridized carbons (Fsp3) is 0.382. The van der Waals surface area contributed by atoms with Gasteiger partial charge in [0.15, 0.2) is 11.5 Å². The molecule has 6 rings (SSSR count). The zero-order valence-corrected chi connectivity index (χ0v) is 27.3. The Labute approximate surface area is 263 Å². The van der Waals surface area contributed by atoms with Crippen molar-refractivity contribution in [3.8, 4) is 33.2 Å². The molecule has 0 saturated carbocycles. The van der Waals surface area contributed by atoms with E-state index >= 15 is 0 Å². The summed E-state index contributed by atoms with van der Waals surface area (Å²) in [7, 11) is -1.92. The average molecular weight is 634 g/mol. The summed E-state index contributed by atoms with van der Waals surface area (Å²) in [6.07, 6.45) is 1.90. The smallest absolute Gasteiger partial charge is 0.270 e. The van der Waals surface area contributed by atoms with Gasteiger partial charge in [0.1, 0.15) is 5.69 Å². The van der Waals surface area contributed by atoms with Crippen molar-refractivity contribution in [2.24, 2.45) is 0 Å². The first-order chi connectivity index (χ1) is 21.2. The first-order valence-corrected chi connectivity index (χ1v) is 17.5. The number of fused-ring (bicyclic) bond motifs is 3. The van der Waals surface area contributed by atoms with Crippen LogP contribution in [-0.4, -0.2) is 67.5 Å². The molecule has 0 unspecified atom stereocenters. The summed E-state index contributed by atoms with van der Waals surface area (Å²) in [4.78, 5) is 17.5. The Bertz CT molecular complexity index is 1750. The fourth-order valence-corrected chi connectivity index (χ4v) is 8.46. The zero-order valence-electron chi connectivity index (χ0n) is 25.7. The maximum absolute atomic E-state index is 14.2. The molecule has 0 N–H and O–H groups in total. The number of amides is 1. The lowest BCUT2D eigenvalue weighted by Gasteiger charge is -2.31. The van der Waals surface area contributed by atoms with Gasteiger partial charge in [-0.25, -0.2) is 8.42 Å². The molecule has 8 nitrogen and oxygen atoms in total. The third kappa shape index (κ3) is 5.78. The third-order valence-electron chi connectivity index (χ3n) is 8.33. The molecule has 0 atom stereocenters. The molecule has 0 spiro atoms. The number of methoxy groups -OCH3 is 1. The van der Waals surface area contributed by atoms with E-state index < -0.39 is 10.0 Å². The minimum absolute atomic E-state index is 0.0128. The highest BCUT2D eigenvalue weighted by molar-refractivity contribution is 7.89. The van der Waals surface area contributed by atoms with Crippen LogP contribution in [0.15, 0.2) is 64.9 Å². The number of carbonyl (C=O) groups excluding carboxylic acids is 1. The number of carbonyl (C=O) groups is 1. The van der Waals surface area contributed by atoms with Crippen molar-refractivity contribution in [2.75, 3.05) is 33.3 Å². The molecule has 1 fully saturated rings. The van der Waals surface area contributed by atoms with Crippen LogP contribution in [-0.2, 0) is 23.0 Å². The van der Waals surface area contributed by atoms with Gasteiger partial charge >= 0.3 is 0 Å². The number of thiophene rings is 1. The predicted octanol–water partition coefficient (Wildman–Crippen LogP) is 6.47. The second-order valence-corrected chi connectivity index (χ2v) is 14.6. The van der Waals surface area contributed by atoms with Gasteiger partial charge in [-0.2, -0.15) is 4.31 Å². The van der Waals surface area contributed by atoms with Crippen LogP contribution in [0.3, 0.4) is 0 Å². The van der Waals surface area contributed by atoms with Gasteiger partial charge in [0.25, 0.3) is 5.91 Å². The summed E-state index contributed by atoms with van der Waals surface area (Å²) in [6.45, 7) is 8.35. The summed E-state index contributed by atoms with van der Waals surface area (Å²) < 4.78 is 42.2. The van der Waals surface area contributed by atoms with Crippen molar-refractivity contribution in [1.82, 2.24) is 13.8 Å². The third-order valence-corrected chi connectivity index (χ3v) is 11.1. The highest BCUT2D eigenvalue weighted by atomic mass is 32.2. The fourth-order valence-electron chi connectivity index (χ4n) is 6.20. The van der Waals surface area contributed by atoms with Gasteiger partial charge in [0.2, 0.25) is 10.0 Å². The topological polar surface area (TPSA) is 81.1 Å². The van der Waals surface area contributed by atoms with Crippen molar-refractivity contribution in [1.29, 1.82) is 0 Å². The molecule has 44 heavy (non-hydrogen) atoms. The molecule has 4 aromatic rings. The van der Waals surface area contributed by atoms with Crippen LogP contribution in [0.1, 0.15) is 48.3 Å². The van der Waals surface area contributed by atoms with Gasteiger partial charge in [-0.15, -0.1) is 11.3 Å². The van der Waals surface area contributed by atoms with E-state index in [0.717, 1.165) is 33.7 Å². The number of hydrogen-bond donors (Lipinski definition) is 0. The van der Waals surface area contributed by atoms with Crippen LogP contribution < -0.4 is 9.47 Å². The molecular formula is C34H39N3O5S2. The SMILES string of the molecule is COc1cc2c(cc1OC(C)C)-c1c(-c3cccs3)cc(C(=O)N3CCCN(S(=O)(=O)c4ccc(C)cc4)CCC3)n1CC2. The molecular weight excluding hydrogens is 595 g/mol. The molecule has 2 aromatic carbocycles. The van der Waals surface area contributed by atoms with Gasteiger partial charge < -0.3 is 18.9 Å². The number of sulfonamides is 1. The van der Waals surface area contributed by atoms with Crippen LogP contribution in [0.4, 0.5) is 0 Å². The van der Waals surface area contributed by atoms with E-state index in [1.54, 1.807) is 34.9 Å². The van der Waals surface area contributed by atoms with Crippen LogP contribution >= 0.6 is 11.3 Å². The Morgan fingerprint density at radius 3 is 2.27 bits per heavy atom. The van der Waals surface area contributed by atoms with Crippen molar-refractivity contribution in [3.63, 3.8) is 0 Å². The number of nitrogens with zero attached hydrogens (tertiary/aromatic N) is 3. The Morgan fingerprint density at radius 1 is 0.909 bits per heavy atom. The summed E-state index contributed by atoms with van der Waals surface area (Å²) >= 11 is 1.66. The number of rotatable bonds is 7. The van der Waals surface area contributed by atoms with Crippen LogP contribution in [0.25, 0.3) is 21.7 Å². The number of aromatic nitrogens is 1. The summed E-state index contributed by atoms with van der Waals surface area (Å²) in [5, 5.41) is 2.06. The molecule has 0 radical (unpaired) electrons. The van der Waals surface area contributed by atoms with E-state index in [1.807, 2.05) is 49.9 Å². The highest BCUT2D eigenvalue weighted by Crippen LogP contribution is 2.45. The Hall–Kier alpha value is -3.60.